The number of aryl methyl sites for hydroxylation is 1. The molecule has 0 spiro atoms. The van der Waals surface area contributed by atoms with Crippen LogP contribution in [0.25, 0.3) is 0 Å². The summed E-state index contributed by atoms with van der Waals surface area (Å²) < 4.78 is 0. The van der Waals surface area contributed by atoms with Crippen molar-refractivity contribution in [2.24, 2.45) is 11.3 Å². The van der Waals surface area contributed by atoms with Crippen LogP contribution in [0, 0.1) is 11.3 Å². The van der Waals surface area contributed by atoms with Crippen molar-refractivity contribution in [3.8, 4) is 0 Å². The summed E-state index contributed by atoms with van der Waals surface area (Å²) in [6, 6.07) is 6.82. The zero-order valence-electron chi connectivity index (χ0n) is 17.7. The molecule has 30 heavy (non-hydrogen) atoms. The van der Waals surface area contributed by atoms with Crippen molar-refractivity contribution in [1.29, 1.82) is 0 Å². The van der Waals surface area contributed by atoms with Gasteiger partial charge in [-0.2, -0.15) is 0 Å². The smallest absolute Gasteiger partial charge is 0.261 e. The number of anilines is 1. The van der Waals surface area contributed by atoms with Crippen LogP contribution in [-0.4, -0.2) is 34.2 Å². The second kappa shape index (κ2) is 7.95. The largest absolute Gasteiger partial charge is 0.302 e. The number of nitrogens with zero attached hydrogens (tertiary/aromatic N) is 2. The molecule has 158 valence electrons. The Hall–Kier alpha value is -2.54. The Morgan fingerprint density at radius 3 is 2.50 bits per heavy atom. The molecule has 1 aromatic heterocycles. The first kappa shape index (κ1) is 20.7. The summed E-state index contributed by atoms with van der Waals surface area (Å²) in [5.41, 5.74) is 2.26. The molecule has 0 fully saturated rings. The molecule has 1 unspecified atom stereocenters. The first-order chi connectivity index (χ1) is 14.2. The Kier molecular flexibility index (Phi) is 5.49. The third kappa shape index (κ3) is 4.03. The molecule has 7 heteroatoms. The summed E-state index contributed by atoms with van der Waals surface area (Å²) in [4.78, 5) is 44.3. The molecule has 4 rings (SSSR count). The quantitative estimate of drug-likeness (QED) is 0.724. The zero-order chi connectivity index (χ0) is 21.5. The highest BCUT2D eigenvalue weighted by Gasteiger charge is 2.34. The summed E-state index contributed by atoms with van der Waals surface area (Å²) in [6.07, 6.45) is 3.78. The molecule has 1 aliphatic heterocycles. The third-order valence-electron chi connectivity index (χ3n) is 6.07. The predicted molar refractivity (Wildman–Crippen MR) is 117 cm³/mol. The lowest BCUT2D eigenvalue weighted by Gasteiger charge is -2.33. The van der Waals surface area contributed by atoms with Gasteiger partial charge in [0.25, 0.3) is 11.8 Å². The van der Waals surface area contributed by atoms with Gasteiger partial charge in [0.2, 0.25) is 5.91 Å². The number of aromatic nitrogens is 1. The third-order valence-corrected chi connectivity index (χ3v) is 7.11. The van der Waals surface area contributed by atoms with E-state index in [1.807, 2.05) is 0 Å². The molecule has 0 saturated carbocycles. The van der Waals surface area contributed by atoms with Gasteiger partial charge in [-0.1, -0.05) is 32.9 Å². The van der Waals surface area contributed by atoms with E-state index < -0.39 is 0 Å². The Morgan fingerprint density at radius 2 is 1.87 bits per heavy atom. The number of thiazole rings is 1. The standard InChI is InChI=1S/C23H27N3O3S/c1-23(2,3)14-10-11-17-18(13-14)30-22(24-17)25-19(27)9-6-12-26-20(28)15-7-4-5-8-16(15)21(26)29/h4-5,7-8,14H,6,9-13H2,1-3H3,(H,24,25,27). The minimum absolute atomic E-state index is 0.134. The summed E-state index contributed by atoms with van der Waals surface area (Å²) in [7, 11) is 0. The lowest BCUT2D eigenvalue weighted by atomic mass is 9.73. The van der Waals surface area contributed by atoms with Gasteiger partial charge in [0.05, 0.1) is 16.8 Å². The highest BCUT2D eigenvalue weighted by Crippen LogP contribution is 2.40. The first-order valence-corrected chi connectivity index (χ1v) is 11.3. The van der Waals surface area contributed by atoms with Gasteiger partial charge in [-0.05, 0) is 49.1 Å². The van der Waals surface area contributed by atoms with Crippen LogP contribution in [0.4, 0.5) is 5.13 Å². The maximum atomic E-state index is 12.4. The predicted octanol–water partition coefficient (Wildman–Crippen LogP) is 4.31. The van der Waals surface area contributed by atoms with Crippen molar-refractivity contribution >= 4 is 34.2 Å². The Morgan fingerprint density at radius 1 is 1.20 bits per heavy atom. The molecule has 2 heterocycles. The summed E-state index contributed by atoms with van der Waals surface area (Å²) in [6.45, 7) is 7.07. The minimum atomic E-state index is -0.281. The summed E-state index contributed by atoms with van der Waals surface area (Å²) in [5, 5.41) is 3.55. The van der Waals surface area contributed by atoms with Crippen LogP contribution >= 0.6 is 11.3 Å². The maximum Gasteiger partial charge on any atom is 0.261 e. The van der Waals surface area contributed by atoms with E-state index in [0.717, 1.165) is 25.0 Å². The molecule has 0 radical (unpaired) electrons. The average molecular weight is 426 g/mol. The van der Waals surface area contributed by atoms with Gasteiger partial charge < -0.3 is 5.32 Å². The lowest BCUT2D eigenvalue weighted by Crippen LogP contribution is -2.31. The van der Waals surface area contributed by atoms with Gasteiger partial charge in [-0.25, -0.2) is 4.98 Å². The van der Waals surface area contributed by atoms with E-state index in [-0.39, 0.29) is 36.1 Å². The van der Waals surface area contributed by atoms with Crippen LogP contribution in [-0.2, 0) is 17.6 Å². The highest BCUT2D eigenvalue weighted by atomic mass is 32.1. The molecule has 1 aromatic carbocycles. The minimum Gasteiger partial charge on any atom is -0.302 e. The van der Waals surface area contributed by atoms with E-state index in [0.29, 0.717) is 28.6 Å². The number of amides is 3. The second-order valence-electron chi connectivity index (χ2n) is 9.15. The number of fused-ring (bicyclic) bond motifs is 2. The summed E-state index contributed by atoms with van der Waals surface area (Å²) in [5.74, 6) is -0.0623. The van der Waals surface area contributed by atoms with Crippen LogP contribution in [0.5, 0.6) is 0 Å². The maximum absolute atomic E-state index is 12.4. The van der Waals surface area contributed by atoms with Gasteiger partial charge in [0.15, 0.2) is 5.13 Å². The molecule has 1 aliphatic carbocycles. The molecule has 1 N–H and O–H groups in total. The number of benzene rings is 1. The van der Waals surface area contributed by atoms with Crippen molar-refractivity contribution in [2.45, 2.75) is 52.9 Å². The van der Waals surface area contributed by atoms with Crippen molar-refractivity contribution < 1.29 is 14.4 Å². The van der Waals surface area contributed by atoms with E-state index in [1.54, 1.807) is 35.6 Å². The molecule has 6 nitrogen and oxygen atoms in total. The number of imide groups is 1. The second-order valence-corrected chi connectivity index (χ2v) is 10.2. The monoisotopic (exact) mass is 425 g/mol. The Balaban J connectivity index is 1.29. The number of carbonyl (C=O) groups excluding carboxylic acids is 3. The zero-order valence-corrected chi connectivity index (χ0v) is 18.5. The van der Waals surface area contributed by atoms with Gasteiger partial charge in [0, 0.05) is 17.8 Å². The van der Waals surface area contributed by atoms with E-state index in [2.05, 4.69) is 31.1 Å². The SMILES string of the molecule is CC(C)(C)C1CCc2nc(NC(=O)CCCN3C(=O)c4ccccc4C3=O)sc2C1. The van der Waals surface area contributed by atoms with Crippen molar-refractivity contribution in [1.82, 2.24) is 9.88 Å². The molecular formula is C23H27N3O3S. The highest BCUT2D eigenvalue weighted by molar-refractivity contribution is 7.15. The van der Waals surface area contributed by atoms with Gasteiger partial charge in [-0.15, -0.1) is 11.3 Å². The van der Waals surface area contributed by atoms with Crippen molar-refractivity contribution in [3.63, 3.8) is 0 Å². The van der Waals surface area contributed by atoms with Crippen LogP contribution in [0.2, 0.25) is 0 Å². The normalized spacial score (nSPS) is 18.4. The first-order valence-electron chi connectivity index (χ1n) is 10.5. The number of nitrogens with one attached hydrogen (secondary N) is 1. The molecule has 1 atom stereocenters. The van der Waals surface area contributed by atoms with Crippen LogP contribution in [0.15, 0.2) is 24.3 Å². The van der Waals surface area contributed by atoms with Crippen LogP contribution in [0.1, 0.15) is 71.3 Å². The fraction of sp³-hybridized carbons (Fsp3) is 0.478. The van der Waals surface area contributed by atoms with E-state index in [9.17, 15) is 14.4 Å². The van der Waals surface area contributed by atoms with Crippen LogP contribution in [0.3, 0.4) is 0 Å². The Labute approximate surface area is 180 Å². The average Bonchev–Trinajstić information content (AvgIpc) is 3.20. The number of rotatable bonds is 5. The molecule has 0 bridgehead atoms. The molecular weight excluding hydrogens is 398 g/mol. The Bertz CT molecular complexity index is 970. The fourth-order valence-corrected chi connectivity index (χ4v) is 5.29. The van der Waals surface area contributed by atoms with Gasteiger partial charge in [0.1, 0.15) is 0 Å². The molecule has 2 aromatic rings. The topological polar surface area (TPSA) is 79.4 Å². The van der Waals surface area contributed by atoms with Crippen molar-refractivity contribution in [2.75, 3.05) is 11.9 Å². The van der Waals surface area contributed by atoms with Gasteiger partial charge >= 0.3 is 0 Å². The number of hydrogen-bond donors (Lipinski definition) is 1. The van der Waals surface area contributed by atoms with Gasteiger partial charge in [-0.3, -0.25) is 19.3 Å². The van der Waals surface area contributed by atoms with E-state index >= 15 is 0 Å². The van der Waals surface area contributed by atoms with E-state index in [4.69, 9.17) is 0 Å². The fourth-order valence-electron chi connectivity index (χ4n) is 4.19. The number of hydrogen-bond acceptors (Lipinski definition) is 5. The summed E-state index contributed by atoms with van der Waals surface area (Å²) >= 11 is 1.57. The molecule has 3 amide bonds. The van der Waals surface area contributed by atoms with E-state index in [1.165, 1.54) is 9.78 Å². The van der Waals surface area contributed by atoms with Crippen LogP contribution < -0.4 is 5.32 Å². The lowest BCUT2D eigenvalue weighted by molar-refractivity contribution is -0.116. The molecule has 2 aliphatic rings. The molecule has 0 saturated heterocycles. The van der Waals surface area contributed by atoms with Crippen molar-refractivity contribution in [3.05, 3.63) is 46.0 Å². The number of carbonyl (C=O) groups is 3.